The molecule has 0 rings (SSSR count). The highest BCUT2D eigenvalue weighted by Gasteiger charge is 2.30. The van der Waals surface area contributed by atoms with Crippen LogP contribution in [0.1, 0.15) is 336 Å². The minimum absolute atomic E-state index is 0.0672. The van der Waals surface area contributed by atoms with E-state index in [1.807, 2.05) is 12.2 Å². The lowest BCUT2D eigenvalue weighted by Gasteiger charge is -2.21. The van der Waals surface area contributed by atoms with E-state index in [1.54, 1.807) is 0 Å². The highest BCUT2D eigenvalue weighted by molar-refractivity contribution is 7.47. The summed E-state index contributed by atoms with van der Waals surface area (Å²) in [5.41, 5.74) is 0. The Balaban J connectivity index is 5.43. The molecule has 0 radical (unpaired) electrons. The van der Waals surface area contributed by atoms with E-state index in [1.165, 1.54) is 96.3 Å². The number of allylic oxidation sites excluding steroid dienone is 18. The van der Waals surface area contributed by atoms with Crippen molar-refractivity contribution in [1.29, 1.82) is 0 Å². The number of esters is 4. The first-order valence-electron chi connectivity index (χ1n) is 40.1. The van der Waals surface area contributed by atoms with Gasteiger partial charge in [-0.2, -0.15) is 0 Å². The van der Waals surface area contributed by atoms with Gasteiger partial charge in [-0.05, 0) is 154 Å². The van der Waals surface area contributed by atoms with Crippen LogP contribution in [-0.4, -0.2) is 96.7 Å². The van der Waals surface area contributed by atoms with E-state index in [2.05, 4.69) is 125 Å². The first-order valence-corrected chi connectivity index (χ1v) is 43.1. The van der Waals surface area contributed by atoms with Gasteiger partial charge in [0.05, 0.1) is 26.4 Å². The van der Waals surface area contributed by atoms with Crippen molar-refractivity contribution in [2.75, 3.05) is 39.6 Å². The largest absolute Gasteiger partial charge is 0.472 e. The maximum Gasteiger partial charge on any atom is 0.472 e. The van der Waals surface area contributed by atoms with Gasteiger partial charge in [0.15, 0.2) is 12.2 Å². The quantitative estimate of drug-likeness (QED) is 0.0169. The molecule has 0 fully saturated rings. The number of ether oxygens (including phenoxy) is 4. The van der Waals surface area contributed by atoms with Crippen LogP contribution >= 0.6 is 15.6 Å². The van der Waals surface area contributed by atoms with Crippen molar-refractivity contribution in [3.05, 3.63) is 109 Å². The van der Waals surface area contributed by atoms with Crippen LogP contribution in [0.4, 0.5) is 0 Å². The molecule has 0 spiro atoms. The molecule has 0 heterocycles. The molecule has 0 saturated heterocycles. The Kier molecular flexibility index (Phi) is 71.8. The molecule has 3 N–H and O–H groups in total. The number of carbonyl (C=O) groups excluding carboxylic acids is 4. The van der Waals surface area contributed by atoms with Crippen molar-refractivity contribution in [3.8, 4) is 0 Å². The van der Waals surface area contributed by atoms with E-state index in [4.69, 9.17) is 37.0 Å². The van der Waals surface area contributed by atoms with Crippen molar-refractivity contribution < 1.29 is 80.2 Å². The molecule has 3 unspecified atom stereocenters. The van der Waals surface area contributed by atoms with Gasteiger partial charge in [-0.1, -0.05) is 265 Å². The Morgan fingerprint density at radius 3 is 0.794 bits per heavy atom. The molecular weight excluding hydrogens is 1330 g/mol. The molecule has 17 nitrogen and oxygen atoms in total. The number of hydrogen-bond acceptors (Lipinski definition) is 15. The third-order valence-corrected chi connectivity index (χ3v) is 18.6. The van der Waals surface area contributed by atoms with Crippen LogP contribution in [0.3, 0.4) is 0 Å². The van der Waals surface area contributed by atoms with Gasteiger partial charge in [0, 0.05) is 25.7 Å². The molecule has 0 bridgehead atoms. The van der Waals surface area contributed by atoms with E-state index in [9.17, 15) is 43.2 Å². The van der Waals surface area contributed by atoms with Crippen molar-refractivity contribution >= 4 is 39.5 Å². The Hall–Kier alpha value is -4.28. The summed E-state index contributed by atoms with van der Waals surface area (Å²) in [4.78, 5) is 73.0. The second kappa shape index (κ2) is 75.0. The summed E-state index contributed by atoms with van der Waals surface area (Å²) in [5, 5.41) is 10.6. The van der Waals surface area contributed by atoms with Crippen LogP contribution in [0.25, 0.3) is 0 Å². The monoisotopic (exact) mass is 1470 g/mol. The third-order valence-electron chi connectivity index (χ3n) is 16.7. The number of carbonyl (C=O) groups is 4. The van der Waals surface area contributed by atoms with E-state index in [0.29, 0.717) is 32.1 Å². The zero-order valence-electron chi connectivity index (χ0n) is 64.3. The fourth-order valence-electron chi connectivity index (χ4n) is 10.5. The van der Waals surface area contributed by atoms with Crippen molar-refractivity contribution in [1.82, 2.24) is 0 Å². The Morgan fingerprint density at radius 1 is 0.275 bits per heavy atom. The molecule has 0 aromatic carbocycles. The summed E-state index contributed by atoms with van der Waals surface area (Å²) < 4.78 is 68.5. The third kappa shape index (κ3) is 74.0. The van der Waals surface area contributed by atoms with Crippen molar-refractivity contribution in [2.45, 2.75) is 354 Å². The molecule has 0 saturated carbocycles. The van der Waals surface area contributed by atoms with Crippen LogP contribution in [0, 0.1) is 0 Å². The van der Waals surface area contributed by atoms with Gasteiger partial charge < -0.3 is 33.8 Å². The summed E-state index contributed by atoms with van der Waals surface area (Å²) in [6.07, 6.45) is 80.7. The standard InChI is InChI=1S/C83H144O17P2/c1-5-9-13-17-21-25-29-33-37-38-42-44-48-52-56-60-64-68-81(86)94-74-79(100-83(88)70-66-62-58-54-50-46-41-36-32-28-24-20-16-12-8-4)76-98-102(91,92)96-72-77(84)71-95-101(89,90)97-75-78(99-82(87)69-65-61-57-53-49-45-40-35-31-27-23-19-15-11-7-3)73-93-80(85)67-63-59-55-51-47-43-39-34-30-26-22-18-14-10-6-2/h22-24,26-28,33-37,39-42,44,52,56,77-79,84H,5-21,25,29-32,38,43,45-51,53-55,57-76H2,1-4H3,(H,89,90)(H,91,92)/b26-22-,27-23-,28-24-,37-33-,39-34-,40-35-,41-36-,44-42-,56-52-/t77?,78-,79-/m1/s1. The molecule has 0 aromatic heterocycles. The normalized spacial score (nSPS) is 14.5. The predicted molar refractivity (Wildman–Crippen MR) is 418 cm³/mol. The summed E-state index contributed by atoms with van der Waals surface area (Å²) >= 11 is 0. The molecule has 102 heavy (non-hydrogen) atoms. The summed E-state index contributed by atoms with van der Waals surface area (Å²) in [5.74, 6) is -2.27. The second-order valence-electron chi connectivity index (χ2n) is 26.6. The summed E-state index contributed by atoms with van der Waals surface area (Å²) in [6, 6.07) is 0. The van der Waals surface area contributed by atoms with Gasteiger partial charge >= 0.3 is 39.5 Å². The first kappa shape index (κ1) is 97.7. The maximum absolute atomic E-state index is 13.1. The lowest BCUT2D eigenvalue weighted by atomic mass is 10.1. The minimum Gasteiger partial charge on any atom is -0.462 e. The molecule has 0 aliphatic heterocycles. The molecule has 588 valence electrons. The first-order chi connectivity index (χ1) is 49.7. The minimum atomic E-state index is -4.99. The molecular formula is C83H144O17P2. The van der Waals surface area contributed by atoms with Gasteiger partial charge in [0.25, 0.3) is 0 Å². The van der Waals surface area contributed by atoms with Crippen LogP contribution in [0.15, 0.2) is 109 Å². The number of rotatable bonds is 75. The van der Waals surface area contributed by atoms with Gasteiger partial charge in [0.2, 0.25) is 0 Å². The molecule has 0 aliphatic carbocycles. The number of phosphoric ester groups is 2. The van der Waals surface area contributed by atoms with Crippen LogP contribution in [0.2, 0.25) is 0 Å². The molecule has 19 heteroatoms. The maximum atomic E-state index is 13.1. The van der Waals surface area contributed by atoms with Crippen molar-refractivity contribution in [3.63, 3.8) is 0 Å². The number of aliphatic hydroxyl groups excluding tert-OH is 1. The van der Waals surface area contributed by atoms with E-state index >= 15 is 0 Å². The van der Waals surface area contributed by atoms with Gasteiger partial charge in [0.1, 0.15) is 19.3 Å². The number of phosphoric acid groups is 2. The van der Waals surface area contributed by atoms with E-state index in [-0.39, 0.29) is 25.7 Å². The Bertz CT molecular complexity index is 2360. The number of aliphatic hydroxyl groups is 1. The lowest BCUT2D eigenvalue weighted by molar-refractivity contribution is -0.161. The van der Waals surface area contributed by atoms with Gasteiger partial charge in [-0.25, -0.2) is 9.13 Å². The molecule has 5 atom stereocenters. The zero-order valence-corrected chi connectivity index (χ0v) is 66.0. The average molecular weight is 1480 g/mol. The topological polar surface area (TPSA) is 237 Å². The van der Waals surface area contributed by atoms with E-state index < -0.39 is 97.5 Å². The fourth-order valence-corrected chi connectivity index (χ4v) is 12.1. The zero-order chi connectivity index (χ0) is 74.6. The molecule has 0 amide bonds. The smallest absolute Gasteiger partial charge is 0.462 e. The van der Waals surface area contributed by atoms with Gasteiger partial charge in [-0.3, -0.25) is 37.3 Å². The van der Waals surface area contributed by atoms with E-state index in [0.717, 1.165) is 154 Å². The highest BCUT2D eigenvalue weighted by atomic mass is 31.2. The lowest BCUT2D eigenvalue weighted by Crippen LogP contribution is -2.30. The van der Waals surface area contributed by atoms with Crippen LogP contribution in [0.5, 0.6) is 0 Å². The number of hydrogen-bond donors (Lipinski definition) is 3. The SMILES string of the molecule is CCCCC/C=C\C/C=C\CCCCCCCC(=O)OC[C@H](COP(=O)(O)OCC(O)COP(=O)(O)OC[C@@H](COC(=O)CCC/C=C\C/C=C\C/C=C\CCCCCCCC)OC(=O)CCCCCCC/C=C\C/C=C\CCCCC)OC(=O)CCCCCCC/C=C\C/C=C\CCCCC. The second-order valence-corrected chi connectivity index (χ2v) is 29.5. The Labute approximate surface area is 619 Å². The fraction of sp³-hybridized carbons (Fsp3) is 0.735. The number of unbranched alkanes of at least 4 members (excludes halogenated alkanes) is 31. The average Bonchev–Trinajstić information content (AvgIpc) is 0.926. The van der Waals surface area contributed by atoms with Crippen LogP contribution in [-0.2, 0) is 65.4 Å². The van der Waals surface area contributed by atoms with Gasteiger partial charge in [-0.15, -0.1) is 0 Å². The summed E-state index contributed by atoms with van der Waals surface area (Å²) in [6.45, 7) is 4.71. The Morgan fingerprint density at radius 2 is 0.490 bits per heavy atom. The predicted octanol–water partition coefficient (Wildman–Crippen LogP) is 23.3. The van der Waals surface area contributed by atoms with Crippen molar-refractivity contribution in [2.24, 2.45) is 0 Å². The highest BCUT2D eigenvalue weighted by Crippen LogP contribution is 2.45. The summed E-state index contributed by atoms with van der Waals surface area (Å²) in [7, 11) is -9.98. The molecule has 0 aliphatic rings. The molecule has 0 aromatic rings. The van der Waals surface area contributed by atoms with Crippen LogP contribution < -0.4 is 0 Å².